The highest BCUT2D eigenvalue weighted by Crippen LogP contribution is 2.32. The van der Waals surface area contributed by atoms with Crippen LogP contribution in [0.1, 0.15) is 27.0 Å². The van der Waals surface area contributed by atoms with E-state index in [-0.39, 0.29) is 17.7 Å². The molecule has 1 aliphatic heterocycles. The number of halogens is 1. The van der Waals surface area contributed by atoms with E-state index in [0.29, 0.717) is 35.8 Å². The third-order valence-corrected chi connectivity index (χ3v) is 5.64. The lowest BCUT2D eigenvalue weighted by Crippen LogP contribution is -2.26. The number of nitrogens with zero attached hydrogens (tertiary/aromatic N) is 1. The first-order valence-electron chi connectivity index (χ1n) is 10.4. The number of hydrogen-bond donors (Lipinski definition) is 2. The van der Waals surface area contributed by atoms with Gasteiger partial charge in [0.15, 0.2) is 0 Å². The van der Waals surface area contributed by atoms with Crippen molar-refractivity contribution < 1.29 is 14.4 Å². The number of hydrogen-bond acceptors (Lipinski definition) is 3. The summed E-state index contributed by atoms with van der Waals surface area (Å²) in [4.78, 5) is 38.0. The molecule has 0 radical (unpaired) electrons. The maximum absolute atomic E-state index is 12.6. The zero-order chi connectivity index (χ0) is 23.4. The molecule has 2 N–H and O–H groups in total. The molecule has 33 heavy (non-hydrogen) atoms. The van der Waals surface area contributed by atoms with Crippen molar-refractivity contribution in [3.8, 4) is 0 Å². The molecule has 0 aromatic heterocycles. The Labute approximate surface area is 196 Å². The molecule has 0 atom stereocenters. The minimum absolute atomic E-state index is 0.0390. The fraction of sp³-hybridized carbons (Fsp3) is 0.115. The fourth-order valence-corrected chi connectivity index (χ4v) is 3.78. The smallest absolute Gasteiger partial charge is 0.255 e. The number of carbonyl (C=O) groups is 3. The van der Waals surface area contributed by atoms with Crippen LogP contribution >= 0.6 is 11.6 Å². The zero-order valence-electron chi connectivity index (χ0n) is 17.8. The third-order valence-electron chi connectivity index (χ3n) is 5.40. The number of rotatable bonds is 7. The predicted octanol–water partition coefficient (Wildman–Crippen LogP) is 4.48. The molecule has 166 valence electrons. The summed E-state index contributed by atoms with van der Waals surface area (Å²) in [5, 5.41) is 6.16. The Morgan fingerprint density at radius 1 is 1.00 bits per heavy atom. The summed E-state index contributed by atoms with van der Waals surface area (Å²) >= 11 is 6.10. The first-order valence-corrected chi connectivity index (χ1v) is 10.8. The topological polar surface area (TPSA) is 78.5 Å². The molecule has 1 heterocycles. The van der Waals surface area contributed by atoms with Crippen molar-refractivity contribution >= 4 is 40.7 Å². The van der Waals surface area contributed by atoms with Crippen molar-refractivity contribution in [2.75, 3.05) is 10.2 Å². The summed E-state index contributed by atoms with van der Waals surface area (Å²) in [5.74, 6) is -0.442. The highest BCUT2D eigenvalue weighted by atomic mass is 35.5. The van der Waals surface area contributed by atoms with Crippen molar-refractivity contribution in [2.24, 2.45) is 0 Å². The van der Waals surface area contributed by atoms with E-state index in [1.807, 2.05) is 36.4 Å². The normalized spacial score (nSPS) is 12.3. The predicted molar refractivity (Wildman–Crippen MR) is 129 cm³/mol. The van der Waals surface area contributed by atoms with Gasteiger partial charge in [0, 0.05) is 28.5 Å². The van der Waals surface area contributed by atoms with E-state index in [9.17, 15) is 14.4 Å². The molecule has 3 amide bonds. The molecule has 0 saturated carbocycles. The van der Waals surface area contributed by atoms with Crippen LogP contribution in [0.4, 0.5) is 11.4 Å². The van der Waals surface area contributed by atoms with Crippen LogP contribution in [-0.2, 0) is 29.1 Å². The van der Waals surface area contributed by atoms with E-state index in [1.54, 1.807) is 35.2 Å². The van der Waals surface area contributed by atoms with Crippen LogP contribution in [0.2, 0.25) is 5.02 Å². The van der Waals surface area contributed by atoms with Crippen molar-refractivity contribution in [3.05, 3.63) is 107 Å². The lowest BCUT2D eigenvalue weighted by Gasteiger charge is -2.18. The number of nitrogens with one attached hydrogen (secondary N) is 2. The van der Waals surface area contributed by atoms with E-state index >= 15 is 0 Å². The minimum Gasteiger partial charge on any atom is -0.348 e. The summed E-state index contributed by atoms with van der Waals surface area (Å²) in [6, 6.07) is 19.9. The van der Waals surface area contributed by atoms with Crippen LogP contribution in [0.15, 0.2) is 79.4 Å². The van der Waals surface area contributed by atoms with E-state index in [2.05, 4.69) is 17.2 Å². The molecule has 3 aromatic rings. The van der Waals surface area contributed by atoms with Gasteiger partial charge in [-0.3, -0.25) is 14.4 Å². The highest BCUT2D eigenvalue weighted by Gasteiger charge is 2.27. The van der Waals surface area contributed by atoms with Crippen molar-refractivity contribution in [3.63, 3.8) is 0 Å². The SMILES string of the molecule is C=CC(=O)NCc1ccc(C(=O)Nc2ccc(CN3C(=O)Cc4ccc(Cl)cc43)cc2)cc1. The molecule has 0 saturated heterocycles. The lowest BCUT2D eigenvalue weighted by molar-refractivity contribution is -0.118. The van der Waals surface area contributed by atoms with Gasteiger partial charge in [0.05, 0.1) is 13.0 Å². The summed E-state index contributed by atoms with van der Waals surface area (Å²) in [6.07, 6.45) is 1.59. The quantitative estimate of drug-likeness (QED) is 0.511. The highest BCUT2D eigenvalue weighted by molar-refractivity contribution is 6.31. The van der Waals surface area contributed by atoms with Gasteiger partial charge in [-0.1, -0.05) is 48.5 Å². The molecular weight excluding hydrogens is 438 g/mol. The fourth-order valence-electron chi connectivity index (χ4n) is 3.62. The molecule has 1 aliphatic rings. The van der Waals surface area contributed by atoms with Gasteiger partial charge in [-0.25, -0.2) is 0 Å². The Kier molecular flexibility index (Phi) is 6.56. The molecule has 0 fully saturated rings. The average molecular weight is 460 g/mol. The van der Waals surface area contributed by atoms with E-state index in [0.717, 1.165) is 22.4 Å². The van der Waals surface area contributed by atoms with E-state index < -0.39 is 0 Å². The monoisotopic (exact) mass is 459 g/mol. The standard InChI is InChI=1S/C26H22ClN3O3/c1-2-24(31)28-15-17-3-7-19(8-4-17)26(33)29-22-11-5-18(6-12-22)16-30-23-14-21(27)10-9-20(23)13-25(30)32/h2-12,14H,1,13,15-16H2,(H,28,31)(H,29,33). The van der Waals surface area contributed by atoms with Crippen LogP contribution in [0.25, 0.3) is 0 Å². The van der Waals surface area contributed by atoms with Crippen LogP contribution in [0.3, 0.4) is 0 Å². The van der Waals surface area contributed by atoms with Gasteiger partial charge >= 0.3 is 0 Å². The number of amides is 3. The maximum atomic E-state index is 12.6. The molecule has 7 heteroatoms. The molecule has 4 rings (SSSR count). The van der Waals surface area contributed by atoms with Crippen LogP contribution in [0.5, 0.6) is 0 Å². The molecular formula is C26H22ClN3O3. The van der Waals surface area contributed by atoms with Gasteiger partial charge < -0.3 is 15.5 Å². The number of carbonyl (C=O) groups excluding carboxylic acids is 3. The van der Waals surface area contributed by atoms with E-state index in [4.69, 9.17) is 11.6 Å². The molecule has 3 aromatic carbocycles. The Balaban J connectivity index is 1.37. The van der Waals surface area contributed by atoms with Crippen LogP contribution in [0, 0.1) is 0 Å². The van der Waals surface area contributed by atoms with Crippen molar-refractivity contribution in [2.45, 2.75) is 19.5 Å². The summed E-state index contributed by atoms with van der Waals surface area (Å²) < 4.78 is 0. The second kappa shape index (κ2) is 9.71. The van der Waals surface area contributed by atoms with Gasteiger partial charge in [0.2, 0.25) is 11.8 Å². The molecule has 0 unspecified atom stereocenters. The minimum atomic E-state index is -0.248. The second-order valence-electron chi connectivity index (χ2n) is 7.70. The number of fused-ring (bicyclic) bond motifs is 1. The Bertz CT molecular complexity index is 1220. The third kappa shape index (κ3) is 5.30. The van der Waals surface area contributed by atoms with Crippen LogP contribution < -0.4 is 15.5 Å². The Morgan fingerprint density at radius 2 is 1.70 bits per heavy atom. The maximum Gasteiger partial charge on any atom is 0.255 e. The van der Waals surface area contributed by atoms with E-state index in [1.165, 1.54) is 6.08 Å². The zero-order valence-corrected chi connectivity index (χ0v) is 18.6. The Morgan fingerprint density at radius 3 is 2.39 bits per heavy atom. The van der Waals surface area contributed by atoms with Gasteiger partial charge in [-0.2, -0.15) is 0 Å². The average Bonchev–Trinajstić information content (AvgIpc) is 3.13. The first-order chi connectivity index (χ1) is 15.9. The molecule has 0 bridgehead atoms. The van der Waals surface area contributed by atoms with Gasteiger partial charge in [-0.15, -0.1) is 0 Å². The second-order valence-corrected chi connectivity index (χ2v) is 8.14. The number of benzene rings is 3. The lowest BCUT2D eigenvalue weighted by atomic mass is 10.1. The number of anilines is 2. The van der Waals surface area contributed by atoms with Gasteiger partial charge in [0.25, 0.3) is 5.91 Å². The van der Waals surface area contributed by atoms with Gasteiger partial charge in [0.1, 0.15) is 0 Å². The largest absolute Gasteiger partial charge is 0.348 e. The molecule has 6 nitrogen and oxygen atoms in total. The van der Waals surface area contributed by atoms with Crippen molar-refractivity contribution in [1.29, 1.82) is 0 Å². The molecule has 0 spiro atoms. The summed E-state index contributed by atoms with van der Waals surface area (Å²) in [7, 11) is 0. The van der Waals surface area contributed by atoms with Crippen molar-refractivity contribution in [1.82, 2.24) is 5.32 Å². The summed E-state index contributed by atoms with van der Waals surface area (Å²) in [5.41, 5.74) is 4.81. The summed E-state index contributed by atoms with van der Waals surface area (Å²) in [6.45, 7) is 4.21. The molecule has 0 aliphatic carbocycles. The van der Waals surface area contributed by atoms with Crippen LogP contribution in [-0.4, -0.2) is 17.7 Å². The Hall–Kier alpha value is -3.90. The van der Waals surface area contributed by atoms with Gasteiger partial charge in [-0.05, 0) is 59.2 Å². The first kappa shape index (κ1) is 22.3.